The summed E-state index contributed by atoms with van der Waals surface area (Å²) in [7, 11) is 0. The standard InChI is InChI=1S/C25H22ClF3N6O2/c26-16-4-1-5-18(28)21(16)23-32-20-11-31-24(30-10-14-6-7-17(27)19(29)9-14)33-22(20)35(23)13-15-3-2-8-34(12-15)25(36)37/h1,4-7,9,11,15H,2-3,8,10,12-13H2,(H,36,37)(H,30,31,33). The third-order valence-electron chi connectivity index (χ3n) is 6.34. The number of piperidine rings is 1. The van der Waals surface area contributed by atoms with Crippen LogP contribution in [0.5, 0.6) is 0 Å². The van der Waals surface area contributed by atoms with E-state index in [2.05, 4.69) is 20.3 Å². The van der Waals surface area contributed by atoms with Crippen molar-refractivity contribution in [2.75, 3.05) is 18.4 Å². The van der Waals surface area contributed by atoms with Crippen molar-refractivity contribution in [1.82, 2.24) is 24.4 Å². The Morgan fingerprint density at radius 1 is 1.14 bits per heavy atom. The number of hydrogen-bond acceptors (Lipinski definition) is 5. The van der Waals surface area contributed by atoms with Crippen LogP contribution >= 0.6 is 11.6 Å². The quantitative estimate of drug-likeness (QED) is 0.338. The van der Waals surface area contributed by atoms with Crippen LogP contribution < -0.4 is 5.32 Å². The van der Waals surface area contributed by atoms with Gasteiger partial charge in [0.15, 0.2) is 17.3 Å². The first kappa shape index (κ1) is 24.8. The topological polar surface area (TPSA) is 96.2 Å². The zero-order chi connectivity index (χ0) is 26.1. The fourth-order valence-electron chi connectivity index (χ4n) is 4.56. The smallest absolute Gasteiger partial charge is 0.407 e. The van der Waals surface area contributed by atoms with Crippen molar-refractivity contribution in [2.45, 2.75) is 25.9 Å². The lowest BCUT2D eigenvalue weighted by atomic mass is 9.98. The molecule has 2 aromatic heterocycles. The maximum Gasteiger partial charge on any atom is 0.407 e. The lowest BCUT2D eigenvalue weighted by Crippen LogP contribution is -2.40. The molecule has 1 atom stereocenters. The SMILES string of the molecule is O=C(O)N1CCCC(Cn2c(-c3c(F)cccc3Cl)nc3cnc(NCc4ccc(F)c(F)c4)nc32)C1. The Labute approximate surface area is 214 Å². The average Bonchev–Trinajstić information content (AvgIpc) is 3.22. The summed E-state index contributed by atoms with van der Waals surface area (Å²) in [5.74, 6) is -2.03. The van der Waals surface area contributed by atoms with Crippen molar-refractivity contribution in [1.29, 1.82) is 0 Å². The summed E-state index contributed by atoms with van der Waals surface area (Å²) in [6.07, 6.45) is 1.98. The molecule has 1 aliphatic rings. The number of hydrogen-bond donors (Lipinski definition) is 2. The molecular formula is C25H22ClF3N6O2. The van der Waals surface area contributed by atoms with E-state index >= 15 is 0 Å². The second-order valence-corrected chi connectivity index (χ2v) is 9.29. The number of nitrogens with one attached hydrogen (secondary N) is 1. The minimum absolute atomic E-state index is 0.0555. The van der Waals surface area contributed by atoms with Crippen molar-refractivity contribution < 1.29 is 23.1 Å². The molecule has 1 saturated heterocycles. The Morgan fingerprint density at radius 2 is 1.97 bits per heavy atom. The highest BCUT2D eigenvalue weighted by atomic mass is 35.5. The van der Waals surface area contributed by atoms with Gasteiger partial charge in [-0.2, -0.15) is 4.98 Å². The highest BCUT2D eigenvalue weighted by Crippen LogP contribution is 2.33. The van der Waals surface area contributed by atoms with Crippen molar-refractivity contribution >= 4 is 34.8 Å². The molecule has 4 aromatic rings. The number of aromatic nitrogens is 4. The van der Waals surface area contributed by atoms with Crippen molar-refractivity contribution in [3.63, 3.8) is 0 Å². The van der Waals surface area contributed by atoms with Gasteiger partial charge in [-0.05, 0) is 48.6 Å². The molecule has 0 saturated carbocycles. The van der Waals surface area contributed by atoms with Gasteiger partial charge in [0, 0.05) is 26.2 Å². The Bertz CT molecular complexity index is 1460. The zero-order valence-electron chi connectivity index (χ0n) is 19.5. The number of imidazole rings is 1. The van der Waals surface area contributed by atoms with Gasteiger partial charge < -0.3 is 19.9 Å². The van der Waals surface area contributed by atoms with Gasteiger partial charge in [0.25, 0.3) is 0 Å². The molecule has 1 fully saturated rings. The molecule has 1 amide bonds. The van der Waals surface area contributed by atoms with E-state index in [-0.39, 0.29) is 34.8 Å². The van der Waals surface area contributed by atoms with Gasteiger partial charge in [0.1, 0.15) is 17.2 Å². The minimum Gasteiger partial charge on any atom is -0.465 e. The lowest BCUT2D eigenvalue weighted by Gasteiger charge is -2.31. The largest absolute Gasteiger partial charge is 0.465 e. The van der Waals surface area contributed by atoms with Crippen LogP contribution in [0.1, 0.15) is 18.4 Å². The number of halogens is 4. The molecule has 5 rings (SSSR count). The molecule has 0 spiro atoms. The summed E-state index contributed by atoms with van der Waals surface area (Å²) in [6.45, 7) is 1.26. The number of carboxylic acid groups (broad SMARTS) is 1. The Hall–Kier alpha value is -3.86. The predicted octanol–water partition coefficient (Wildman–Crippen LogP) is 5.57. The average molecular weight is 531 g/mol. The van der Waals surface area contributed by atoms with Gasteiger partial charge in [-0.1, -0.05) is 23.7 Å². The fraction of sp³-hybridized carbons (Fsp3) is 0.280. The Kier molecular flexibility index (Phi) is 6.88. The van der Waals surface area contributed by atoms with E-state index in [1.54, 1.807) is 10.6 Å². The summed E-state index contributed by atoms with van der Waals surface area (Å²) in [5, 5.41) is 12.6. The van der Waals surface area contributed by atoms with Gasteiger partial charge in [-0.25, -0.2) is 27.9 Å². The molecule has 12 heteroatoms. The summed E-state index contributed by atoms with van der Waals surface area (Å²) < 4.78 is 43.5. The highest BCUT2D eigenvalue weighted by Gasteiger charge is 2.27. The van der Waals surface area contributed by atoms with E-state index in [1.165, 1.54) is 29.3 Å². The maximum atomic E-state index is 14.9. The van der Waals surface area contributed by atoms with Crippen LogP contribution in [0.4, 0.5) is 23.9 Å². The van der Waals surface area contributed by atoms with Gasteiger partial charge in [0.05, 0.1) is 16.8 Å². The molecule has 1 unspecified atom stereocenters. The van der Waals surface area contributed by atoms with Crippen LogP contribution in [0.15, 0.2) is 42.6 Å². The zero-order valence-corrected chi connectivity index (χ0v) is 20.2. The summed E-state index contributed by atoms with van der Waals surface area (Å²) >= 11 is 6.36. The van der Waals surface area contributed by atoms with Crippen LogP contribution in [0.3, 0.4) is 0 Å². The van der Waals surface area contributed by atoms with Crippen LogP contribution in [0, 0.1) is 23.4 Å². The molecule has 192 valence electrons. The molecule has 37 heavy (non-hydrogen) atoms. The molecule has 8 nitrogen and oxygen atoms in total. The Morgan fingerprint density at radius 3 is 2.73 bits per heavy atom. The number of anilines is 1. The first-order chi connectivity index (χ1) is 17.8. The second kappa shape index (κ2) is 10.3. The van der Waals surface area contributed by atoms with Gasteiger partial charge in [-0.15, -0.1) is 0 Å². The monoisotopic (exact) mass is 530 g/mol. The van der Waals surface area contributed by atoms with Gasteiger partial charge in [-0.3, -0.25) is 0 Å². The van der Waals surface area contributed by atoms with E-state index in [0.717, 1.165) is 18.6 Å². The first-order valence-corrected chi connectivity index (χ1v) is 12.0. The first-order valence-electron chi connectivity index (χ1n) is 11.6. The number of likely N-dealkylation sites (tertiary alicyclic amines) is 1. The van der Waals surface area contributed by atoms with Gasteiger partial charge >= 0.3 is 6.09 Å². The third kappa shape index (κ3) is 5.17. The lowest BCUT2D eigenvalue weighted by molar-refractivity contribution is 0.117. The molecule has 0 radical (unpaired) electrons. The summed E-state index contributed by atoms with van der Waals surface area (Å²) in [5.41, 5.74) is 1.42. The van der Waals surface area contributed by atoms with E-state index in [1.807, 2.05) is 0 Å². The van der Waals surface area contributed by atoms with Crippen LogP contribution in [-0.2, 0) is 13.1 Å². The summed E-state index contributed by atoms with van der Waals surface area (Å²) in [6, 6.07) is 7.93. The van der Waals surface area contributed by atoms with E-state index in [4.69, 9.17) is 11.6 Å². The summed E-state index contributed by atoms with van der Waals surface area (Å²) in [4.78, 5) is 26.3. The molecule has 0 aliphatic carbocycles. The third-order valence-corrected chi connectivity index (χ3v) is 6.65. The van der Waals surface area contributed by atoms with Gasteiger partial charge in [0.2, 0.25) is 5.95 Å². The van der Waals surface area contributed by atoms with E-state index < -0.39 is 23.5 Å². The fourth-order valence-corrected chi connectivity index (χ4v) is 4.80. The van der Waals surface area contributed by atoms with Crippen molar-refractivity contribution in [3.8, 4) is 11.4 Å². The van der Waals surface area contributed by atoms with Crippen LogP contribution in [-0.4, -0.2) is 48.7 Å². The molecule has 2 aromatic carbocycles. The minimum atomic E-state index is -0.983. The number of nitrogens with zero attached hydrogens (tertiary/aromatic N) is 5. The molecule has 2 N–H and O–H groups in total. The highest BCUT2D eigenvalue weighted by molar-refractivity contribution is 6.33. The predicted molar refractivity (Wildman–Crippen MR) is 132 cm³/mol. The van der Waals surface area contributed by atoms with Crippen LogP contribution in [0.25, 0.3) is 22.6 Å². The second-order valence-electron chi connectivity index (χ2n) is 8.88. The van der Waals surface area contributed by atoms with Crippen molar-refractivity contribution in [2.24, 2.45) is 5.92 Å². The Balaban J connectivity index is 1.52. The van der Waals surface area contributed by atoms with Crippen molar-refractivity contribution in [3.05, 3.63) is 70.6 Å². The normalized spacial score (nSPS) is 15.8. The number of fused-ring (bicyclic) bond motifs is 1. The van der Waals surface area contributed by atoms with E-state index in [9.17, 15) is 23.1 Å². The maximum absolute atomic E-state index is 14.9. The molecular weight excluding hydrogens is 509 g/mol. The molecule has 0 bridgehead atoms. The van der Waals surface area contributed by atoms with Crippen LogP contribution in [0.2, 0.25) is 5.02 Å². The van der Waals surface area contributed by atoms with E-state index in [0.29, 0.717) is 42.8 Å². The molecule has 3 heterocycles. The number of carbonyl (C=O) groups is 1. The number of amides is 1. The molecule has 1 aliphatic heterocycles. The number of rotatable bonds is 6. The number of benzene rings is 2.